The molecule has 0 aliphatic rings. The molecule has 0 saturated heterocycles. The fraction of sp³-hybridized carbons (Fsp3) is 0.0952. The van der Waals surface area contributed by atoms with Crippen LogP contribution in [0.2, 0.25) is 0 Å². The Labute approximate surface area is 171 Å². The monoisotopic (exact) mass is 398 g/mol. The molecule has 1 atom stereocenters. The van der Waals surface area contributed by atoms with E-state index in [1.54, 1.807) is 6.21 Å². The zero-order chi connectivity index (χ0) is 20.3. The van der Waals surface area contributed by atoms with E-state index in [-0.39, 0.29) is 6.04 Å². The van der Waals surface area contributed by atoms with Gasteiger partial charge >= 0.3 is 0 Å². The minimum absolute atomic E-state index is 0.00374. The van der Waals surface area contributed by atoms with Crippen LogP contribution in [-0.2, 0) is 0 Å². The van der Waals surface area contributed by atoms with Crippen molar-refractivity contribution in [3.05, 3.63) is 71.9 Å². The van der Waals surface area contributed by atoms with Gasteiger partial charge in [-0.15, -0.1) is 0 Å². The second kappa shape index (κ2) is 7.63. The maximum Gasteiger partial charge on any atom is 0.245 e. The van der Waals surface area contributed by atoms with Crippen LogP contribution in [0.5, 0.6) is 0 Å². The number of rotatable bonds is 6. The van der Waals surface area contributed by atoms with Gasteiger partial charge in [0, 0.05) is 22.7 Å². The molecule has 0 aliphatic carbocycles. The quantitative estimate of drug-likeness (QED) is 0.291. The maximum atomic E-state index is 4.75. The third-order valence-corrected chi connectivity index (χ3v) is 4.76. The molecule has 30 heavy (non-hydrogen) atoms. The third-order valence-electron chi connectivity index (χ3n) is 4.76. The topological polar surface area (TPSA) is 117 Å². The second-order valence-corrected chi connectivity index (χ2v) is 6.77. The lowest BCUT2D eigenvalue weighted by Gasteiger charge is -2.16. The number of nitrogens with zero attached hydrogens (tertiary/aromatic N) is 5. The Morgan fingerprint density at radius 3 is 2.53 bits per heavy atom. The van der Waals surface area contributed by atoms with Crippen LogP contribution in [-0.4, -0.2) is 31.5 Å². The summed E-state index contributed by atoms with van der Waals surface area (Å²) in [7, 11) is 0. The van der Waals surface area contributed by atoms with Crippen LogP contribution in [0.25, 0.3) is 22.2 Å². The number of hydrogen-bond acceptors (Lipinski definition) is 8. The predicted octanol–water partition coefficient (Wildman–Crippen LogP) is 4.11. The lowest BCUT2D eigenvalue weighted by atomic mass is 10.1. The van der Waals surface area contributed by atoms with E-state index >= 15 is 0 Å². The van der Waals surface area contributed by atoms with Gasteiger partial charge in [-0.1, -0.05) is 48.5 Å². The number of anilines is 2. The molecule has 5 aromatic rings. The van der Waals surface area contributed by atoms with E-state index in [9.17, 15) is 0 Å². The van der Waals surface area contributed by atoms with Crippen molar-refractivity contribution in [2.75, 3.05) is 10.7 Å². The molecule has 2 aromatic carbocycles. The zero-order valence-electron chi connectivity index (χ0n) is 16.1. The minimum atomic E-state index is -0.00374. The number of aromatic amines is 1. The fourth-order valence-electron chi connectivity index (χ4n) is 3.21. The number of aromatic nitrogens is 5. The first-order chi connectivity index (χ1) is 14.8. The van der Waals surface area contributed by atoms with E-state index in [0.29, 0.717) is 22.9 Å². The van der Waals surface area contributed by atoms with Crippen molar-refractivity contribution in [2.24, 2.45) is 5.10 Å². The van der Waals surface area contributed by atoms with E-state index in [1.165, 1.54) is 0 Å². The molecule has 3 heterocycles. The zero-order valence-corrected chi connectivity index (χ0v) is 16.1. The largest absolute Gasteiger partial charge is 0.361 e. The average Bonchev–Trinajstić information content (AvgIpc) is 3.41. The van der Waals surface area contributed by atoms with Crippen LogP contribution in [0.1, 0.15) is 24.1 Å². The normalized spacial score (nSPS) is 12.6. The standard InChI is InChI=1S/C21H18N8O/c1-13(14-7-3-2-4-8-14)24-18-19(26-21-20(25-18)28-30-29-21)27-23-12-15-11-22-17-10-6-5-9-16(15)17/h2-13,22H,1H3,(H,24,25,28)(H,26,27,29)/b23-12-/t13-/m0/s1. The van der Waals surface area contributed by atoms with Crippen molar-refractivity contribution in [1.82, 2.24) is 25.3 Å². The molecule has 0 spiro atoms. The molecule has 0 fully saturated rings. The lowest BCUT2D eigenvalue weighted by molar-refractivity contribution is 0.314. The first-order valence-electron chi connectivity index (χ1n) is 9.45. The van der Waals surface area contributed by atoms with Crippen LogP contribution in [0.3, 0.4) is 0 Å². The van der Waals surface area contributed by atoms with Gasteiger partial charge in [-0.2, -0.15) is 10.1 Å². The molecule has 0 aliphatic heterocycles. The maximum absolute atomic E-state index is 4.75. The van der Waals surface area contributed by atoms with Gasteiger partial charge in [0.1, 0.15) is 0 Å². The number of fused-ring (bicyclic) bond motifs is 2. The van der Waals surface area contributed by atoms with Crippen LogP contribution < -0.4 is 10.7 Å². The Bertz CT molecular complexity index is 1320. The summed E-state index contributed by atoms with van der Waals surface area (Å²) in [5.41, 5.74) is 6.72. The van der Waals surface area contributed by atoms with E-state index in [2.05, 4.69) is 41.1 Å². The third kappa shape index (κ3) is 3.44. The van der Waals surface area contributed by atoms with Crippen LogP contribution in [0, 0.1) is 0 Å². The van der Waals surface area contributed by atoms with Crippen LogP contribution in [0.15, 0.2) is 70.5 Å². The summed E-state index contributed by atoms with van der Waals surface area (Å²) in [6.45, 7) is 2.04. The van der Waals surface area contributed by atoms with E-state index in [4.69, 9.17) is 4.63 Å². The molecule has 3 aromatic heterocycles. The molecule has 0 saturated carbocycles. The Morgan fingerprint density at radius 2 is 1.70 bits per heavy atom. The van der Waals surface area contributed by atoms with Gasteiger partial charge in [0.2, 0.25) is 11.3 Å². The Balaban J connectivity index is 1.43. The fourth-order valence-corrected chi connectivity index (χ4v) is 3.21. The van der Waals surface area contributed by atoms with Gasteiger partial charge in [0.05, 0.1) is 12.3 Å². The summed E-state index contributed by atoms with van der Waals surface area (Å²) < 4.78 is 4.75. The molecule has 0 unspecified atom stereocenters. The Morgan fingerprint density at radius 1 is 0.967 bits per heavy atom. The molecule has 0 bridgehead atoms. The van der Waals surface area contributed by atoms with E-state index in [1.807, 2.05) is 67.7 Å². The first-order valence-corrected chi connectivity index (χ1v) is 9.45. The van der Waals surface area contributed by atoms with E-state index < -0.39 is 0 Å². The smallest absolute Gasteiger partial charge is 0.245 e. The molecular weight excluding hydrogens is 380 g/mol. The Kier molecular flexibility index (Phi) is 4.53. The highest BCUT2D eigenvalue weighted by Crippen LogP contribution is 2.25. The highest BCUT2D eigenvalue weighted by molar-refractivity contribution is 5.99. The molecule has 3 N–H and O–H groups in total. The Hall–Kier alpha value is -4.27. The number of benzene rings is 2. The van der Waals surface area contributed by atoms with Crippen molar-refractivity contribution in [3.63, 3.8) is 0 Å². The van der Waals surface area contributed by atoms with Gasteiger partial charge in [0.25, 0.3) is 0 Å². The van der Waals surface area contributed by atoms with Gasteiger partial charge in [0.15, 0.2) is 11.6 Å². The van der Waals surface area contributed by atoms with Gasteiger partial charge in [-0.05, 0) is 28.9 Å². The number of para-hydroxylation sites is 1. The summed E-state index contributed by atoms with van der Waals surface area (Å²) in [6, 6.07) is 18.1. The summed E-state index contributed by atoms with van der Waals surface area (Å²) in [5.74, 6) is 0.933. The second-order valence-electron chi connectivity index (χ2n) is 6.77. The molecule has 9 heteroatoms. The number of hydrogen-bond donors (Lipinski definition) is 3. The first kappa shape index (κ1) is 17.8. The molecule has 5 rings (SSSR count). The number of hydrazone groups is 1. The molecule has 148 valence electrons. The summed E-state index contributed by atoms with van der Waals surface area (Å²) >= 11 is 0. The van der Waals surface area contributed by atoms with Crippen molar-refractivity contribution in [1.29, 1.82) is 0 Å². The SMILES string of the molecule is C[C@H](Nc1nc2nonc2nc1N/N=C\c1c[nH]c2ccccc12)c1ccccc1. The highest BCUT2D eigenvalue weighted by Gasteiger charge is 2.15. The van der Waals surface area contributed by atoms with Crippen molar-refractivity contribution in [2.45, 2.75) is 13.0 Å². The summed E-state index contributed by atoms with van der Waals surface area (Å²) in [4.78, 5) is 12.1. The molecule has 9 nitrogen and oxygen atoms in total. The highest BCUT2D eigenvalue weighted by atomic mass is 16.6. The average molecular weight is 398 g/mol. The molecule has 0 amide bonds. The predicted molar refractivity (Wildman–Crippen MR) is 115 cm³/mol. The van der Waals surface area contributed by atoms with E-state index in [0.717, 1.165) is 22.0 Å². The van der Waals surface area contributed by atoms with Crippen molar-refractivity contribution >= 4 is 40.0 Å². The summed E-state index contributed by atoms with van der Waals surface area (Å²) in [5, 5.41) is 16.3. The van der Waals surface area contributed by atoms with Crippen LogP contribution >= 0.6 is 0 Å². The van der Waals surface area contributed by atoms with Gasteiger partial charge < -0.3 is 10.3 Å². The summed E-state index contributed by atoms with van der Waals surface area (Å²) in [6.07, 6.45) is 3.64. The van der Waals surface area contributed by atoms with Crippen LogP contribution in [0.4, 0.5) is 11.6 Å². The number of nitrogens with one attached hydrogen (secondary N) is 3. The van der Waals surface area contributed by atoms with Crippen molar-refractivity contribution < 1.29 is 4.63 Å². The number of H-pyrrole nitrogens is 1. The molecule has 0 radical (unpaired) electrons. The minimum Gasteiger partial charge on any atom is -0.361 e. The van der Waals surface area contributed by atoms with Gasteiger partial charge in [-0.25, -0.2) is 9.61 Å². The lowest BCUT2D eigenvalue weighted by Crippen LogP contribution is -2.11. The molecular formula is C21H18N8O. The van der Waals surface area contributed by atoms with Gasteiger partial charge in [-0.3, -0.25) is 5.43 Å². The van der Waals surface area contributed by atoms with Crippen molar-refractivity contribution in [3.8, 4) is 0 Å².